The zero-order valence-corrected chi connectivity index (χ0v) is 15.0. The van der Waals surface area contributed by atoms with Gasteiger partial charge < -0.3 is 14.9 Å². The van der Waals surface area contributed by atoms with Crippen molar-refractivity contribution >= 4 is 17.2 Å². The fourth-order valence-corrected chi connectivity index (χ4v) is 3.20. The number of allylic oxidation sites excluding steroid dienone is 1. The van der Waals surface area contributed by atoms with Gasteiger partial charge in [0.25, 0.3) is 0 Å². The number of hydrogen-bond donors (Lipinski definition) is 3. The van der Waals surface area contributed by atoms with E-state index in [1.54, 1.807) is 0 Å². The van der Waals surface area contributed by atoms with Crippen LogP contribution in [0.2, 0.25) is 0 Å². The van der Waals surface area contributed by atoms with Gasteiger partial charge in [0.2, 0.25) is 5.84 Å². The van der Waals surface area contributed by atoms with E-state index < -0.39 is 6.10 Å². The number of fused-ring (bicyclic) bond motifs is 1. The van der Waals surface area contributed by atoms with E-state index in [-0.39, 0.29) is 13.2 Å². The van der Waals surface area contributed by atoms with Crippen molar-refractivity contribution in [3.8, 4) is 5.75 Å². The van der Waals surface area contributed by atoms with Gasteiger partial charge in [0.1, 0.15) is 37.3 Å². The van der Waals surface area contributed by atoms with Gasteiger partial charge in [-0.2, -0.15) is 4.99 Å². The third kappa shape index (κ3) is 4.02. The Balaban J connectivity index is 1.66. The smallest absolute Gasteiger partial charge is 0.233 e. The second-order valence-electron chi connectivity index (χ2n) is 6.49. The summed E-state index contributed by atoms with van der Waals surface area (Å²) in [6, 6.07) is 13.7. The van der Waals surface area contributed by atoms with Crippen LogP contribution < -0.4 is 9.64 Å². The second kappa shape index (κ2) is 8.27. The van der Waals surface area contributed by atoms with Gasteiger partial charge in [0.05, 0.1) is 0 Å². The molecule has 3 N–H and O–H groups in total. The predicted molar refractivity (Wildman–Crippen MR) is 103 cm³/mol. The van der Waals surface area contributed by atoms with Crippen molar-refractivity contribution in [2.24, 2.45) is 4.99 Å². The summed E-state index contributed by atoms with van der Waals surface area (Å²) in [5.41, 5.74) is 4.03. The number of aliphatic hydroxyl groups excluding tert-OH is 2. The van der Waals surface area contributed by atoms with E-state index in [9.17, 15) is 10.2 Å². The van der Waals surface area contributed by atoms with Gasteiger partial charge in [-0.05, 0) is 31.0 Å². The molecular weight excluding hydrogens is 328 g/mol. The zero-order chi connectivity index (χ0) is 18.5. The number of para-hydroxylation sites is 2. The number of benzene rings is 2. The molecule has 2 aromatic carbocycles. The lowest BCUT2D eigenvalue weighted by atomic mass is 10.1. The molecule has 2 aromatic rings. The van der Waals surface area contributed by atoms with E-state index in [4.69, 9.17) is 4.74 Å². The minimum atomic E-state index is -0.689. The Kier molecular flexibility index (Phi) is 5.83. The first kappa shape index (κ1) is 18.3. The highest BCUT2D eigenvalue weighted by Gasteiger charge is 2.31. The second-order valence-corrected chi connectivity index (χ2v) is 6.49. The lowest BCUT2D eigenvalue weighted by molar-refractivity contribution is -0.735. The first-order valence-electron chi connectivity index (χ1n) is 8.77. The Morgan fingerprint density at radius 1 is 1.27 bits per heavy atom. The lowest BCUT2D eigenvalue weighted by Crippen LogP contribution is -3.10. The summed E-state index contributed by atoms with van der Waals surface area (Å²) in [5, 5.41) is 20.1. The number of rotatable bonds is 8. The van der Waals surface area contributed by atoms with Crippen molar-refractivity contribution < 1.29 is 19.8 Å². The molecule has 0 saturated heterocycles. The molecule has 0 aromatic heterocycles. The summed E-state index contributed by atoms with van der Waals surface area (Å²) >= 11 is 0. The highest BCUT2D eigenvalue weighted by Crippen LogP contribution is 2.24. The monoisotopic (exact) mass is 353 g/mol. The fourth-order valence-electron chi connectivity index (χ4n) is 3.20. The Hall–Kier alpha value is -2.47. The topological polar surface area (TPSA) is 66.5 Å². The number of ether oxygens (including phenoxy) is 1. The molecular formula is C21H25N2O3+. The van der Waals surface area contributed by atoms with Crippen LogP contribution in [0, 0.1) is 6.92 Å². The summed E-state index contributed by atoms with van der Waals surface area (Å²) in [5.74, 6) is 1.38. The van der Waals surface area contributed by atoms with Gasteiger partial charge in [0, 0.05) is 6.07 Å². The molecule has 26 heavy (non-hydrogen) atoms. The van der Waals surface area contributed by atoms with Crippen LogP contribution in [0.1, 0.15) is 11.1 Å². The van der Waals surface area contributed by atoms with Gasteiger partial charge in [-0.1, -0.05) is 35.9 Å². The first-order chi connectivity index (χ1) is 12.6. The Morgan fingerprint density at radius 3 is 2.85 bits per heavy atom. The summed E-state index contributed by atoms with van der Waals surface area (Å²) in [6.07, 6.45) is 1.87. The van der Waals surface area contributed by atoms with Crippen molar-refractivity contribution in [1.82, 2.24) is 0 Å². The molecule has 1 aliphatic rings. The third-order valence-corrected chi connectivity index (χ3v) is 4.43. The molecule has 0 amide bonds. The lowest BCUT2D eigenvalue weighted by Gasteiger charge is -2.19. The number of hydrogen-bond acceptors (Lipinski definition) is 4. The van der Waals surface area contributed by atoms with Gasteiger partial charge in [-0.25, -0.2) is 0 Å². The molecule has 3 rings (SSSR count). The van der Waals surface area contributed by atoms with Crippen molar-refractivity contribution in [2.75, 3.05) is 19.8 Å². The number of nitrogens with zero attached hydrogens (tertiary/aromatic N) is 1. The number of aliphatic imine (C=N–C) groups is 1. The molecule has 0 aliphatic carbocycles. The van der Waals surface area contributed by atoms with Crippen LogP contribution in [0.3, 0.4) is 0 Å². The highest BCUT2D eigenvalue weighted by atomic mass is 16.5. The molecule has 0 bridgehead atoms. The van der Waals surface area contributed by atoms with Crippen molar-refractivity contribution in [3.05, 3.63) is 66.2 Å². The summed E-state index contributed by atoms with van der Waals surface area (Å²) in [6.45, 7) is 6.25. The van der Waals surface area contributed by atoms with Crippen molar-refractivity contribution in [2.45, 2.75) is 19.4 Å². The molecule has 1 aliphatic heterocycles. The molecule has 1 heterocycles. The number of quaternary nitrogens is 1. The number of aliphatic hydroxyl groups is 2. The van der Waals surface area contributed by atoms with Gasteiger partial charge in [0.15, 0.2) is 5.69 Å². The average Bonchev–Trinajstić information content (AvgIpc) is 2.99. The Bertz CT molecular complexity index is 817. The maximum absolute atomic E-state index is 10.5. The fraction of sp³-hybridized carbons (Fsp3) is 0.286. The van der Waals surface area contributed by atoms with Crippen LogP contribution in [-0.4, -0.2) is 41.9 Å². The van der Waals surface area contributed by atoms with Crippen molar-refractivity contribution in [1.29, 1.82) is 0 Å². The summed E-state index contributed by atoms with van der Waals surface area (Å²) in [4.78, 5) is 5.32. The van der Waals surface area contributed by atoms with E-state index in [0.29, 0.717) is 12.4 Å². The van der Waals surface area contributed by atoms with Crippen LogP contribution in [-0.2, 0) is 6.42 Å². The minimum absolute atomic E-state index is 0.140. The largest absolute Gasteiger partial charge is 0.490 e. The number of aryl methyl sites for hydroxylation is 1. The molecule has 0 saturated carbocycles. The molecule has 0 spiro atoms. The summed E-state index contributed by atoms with van der Waals surface area (Å²) < 4.78 is 5.86. The average molecular weight is 353 g/mol. The maximum atomic E-state index is 10.5. The standard InChI is InChI=1S/C21H24N2O3/c1-3-6-16-11-15(2)9-10-20(16)26-14-17(25)12-23-19-8-5-4-7-18(19)22-21(23)13-24/h3-5,7-11,17,24-25H,1,6,12-14H2,2H3/p+1. The molecule has 2 unspecified atom stereocenters. The zero-order valence-electron chi connectivity index (χ0n) is 15.0. The molecule has 5 heteroatoms. The summed E-state index contributed by atoms with van der Waals surface area (Å²) in [7, 11) is 0. The molecule has 2 atom stereocenters. The van der Waals surface area contributed by atoms with Crippen LogP contribution in [0.15, 0.2) is 60.1 Å². The van der Waals surface area contributed by atoms with E-state index >= 15 is 0 Å². The first-order valence-corrected chi connectivity index (χ1v) is 8.77. The third-order valence-electron chi connectivity index (χ3n) is 4.43. The van der Waals surface area contributed by atoms with Crippen LogP contribution >= 0.6 is 0 Å². The molecule has 136 valence electrons. The Morgan fingerprint density at radius 2 is 2.08 bits per heavy atom. The van der Waals surface area contributed by atoms with Gasteiger partial charge in [-0.3, -0.25) is 4.90 Å². The van der Waals surface area contributed by atoms with Gasteiger partial charge in [-0.15, -0.1) is 6.58 Å². The normalized spacial score (nSPS) is 16.7. The maximum Gasteiger partial charge on any atom is 0.233 e. The van der Waals surface area contributed by atoms with Crippen LogP contribution in [0.4, 0.5) is 11.4 Å². The molecule has 5 nitrogen and oxygen atoms in total. The minimum Gasteiger partial charge on any atom is -0.490 e. The van der Waals surface area contributed by atoms with E-state index in [2.05, 4.69) is 17.6 Å². The predicted octanol–water partition coefficient (Wildman–Crippen LogP) is 1.72. The Labute approximate surface area is 153 Å². The van der Waals surface area contributed by atoms with E-state index in [1.807, 2.05) is 49.4 Å². The molecule has 0 fully saturated rings. The van der Waals surface area contributed by atoms with Gasteiger partial charge >= 0.3 is 0 Å². The number of nitrogens with one attached hydrogen (secondary N) is 1. The number of amidine groups is 1. The quantitative estimate of drug-likeness (QED) is 0.633. The van der Waals surface area contributed by atoms with Crippen LogP contribution in [0.5, 0.6) is 5.75 Å². The van der Waals surface area contributed by atoms with E-state index in [0.717, 1.165) is 39.6 Å². The van der Waals surface area contributed by atoms with Crippen molar-refractivity contribution in [3.63, 3.8) is 0 Å². The molecule has 0 radical (unpaired) electrons. The van der Waals surface area contributed by atoms with Crippen LogP contribution in [0.25, 0.3) is 0 Å². The van der Waals surface area contributed by atoms with E-state index in [1.165, 1.54) is 0 Å². The highest BCUT2D eigenvalue weighted by molar-refractivity contribution is 5.86. The SMILES string of the molecule is C=CCc1cc(C)ccc1OCC(O)C[NH+]1C(CO)=Nc2ccccc21.